The van der Waals surface area contributed by atoms with Gasteiger partial charge in [-0.2, -0.15) is 0 Å². The average molecular weight is 195 g/mol. The van der Waals surface area contributed by atoms with E-state index in [2.05, 4.69) is 6.58 Å². The molecule has 0 amide bonds. The normalized spacial score (nSPS) is 9.69. The van der Waals surface area contributed by atoms with E-state index in [0.29, 0.717) is 17.0 Å². The Kier molecular flexibility index (Phi) is 3.26. The second-order valence-electron chi connectivity index (χ2n) is 3.07. The fourth-order valence-electron chi connectivity index (χ4n) is 1.04. The maximum absolute atomic E-state index is 11.5. The van der Waals surface area contributed by atoms with Crippen LogP contribution in [-0.2, 0) is 0 Å². The number of benzene rings is 1. The van der Waals surface area contributed by atoms with Crippen LogP contribution in [0.15, 0.2) is 36.4 Å². The Morgan fingerprint density at radius 3 is 2.77 bits per heavy atom. The number of carbonyl (C=O) groups excluding carboxylic acids is 1. The molecule has 0 aliphatic rings. The minimum absolute atomic E-state index is 0.0648. The van der Waals surface area contributed by atoms with Crippen LogP contribution in [-0.4, -0.2) is 5.78 Å². The standard InChI is InChI=1S/C11H11ClO/c1-8(2)6-11(13)9-4-3-5-10(12)7-9/h3-5,7H,1,6H2,2H3. The van der Waals surface area contributed by atoms with Crippen molar-refractivity contribution in [2.45, 2.75) is 13.3 Å². The molecular weight excluding hydrogens is 184 g/mol. The van der Waals surface area contributed by atoms with Gasteiger partial charge in [0, 0.05) is 17.0 Å². The van der Waals surface area contributed by atoms with Gasteiger partial charge in [0.2, 0.25) is 0 Å². The Bertz CT molecular complexity index is 342. The predicted octanol–water partition coefficient (Wildman–Crippen LogP) is 3.49. The summed E-state index contributed by atoms with van der Waals surface area (Å²) in [7, 11) is 0. The van der Waals surface area contributed by atoms with Gasteiger partial charge in [-0.05, 0) is 19.1 Å². The van der Waals surface area contributed by atoms with Gasteiger partial charge in [0.1, 0.15) is 0 Å². The van der Waals surface area contributed by atoms with E-state index in [-0.39, 0.29) is 5.78 Å². The largest absolute Gasteiger partial charge is 0.294 e. The lowest BCUT2D eigenvalue weighted by Gasteiger charge is -2.00. The van der Waals surface area contributed by atoms with Crippen molar-refractivity contribution in [1.82, 2.24) is 0 Å². The van der Waals surface area contributed by atoms with Gasteiger partial charge in [-0.3, -0.25) is 4.79 Å². The molecule has 0 unspecified atom stereocenters. The molecule has 0 spiro atoms. The summed E-state index contributed by atoms with van der Waals surface area (Å²) in [5.74, 6) is 0.0648. The summed E-state index contributed by atoms with van der Waals surface area (Å²) in [5.41, 5.74) is 1.51. The highest BCUT2D eigenvalue weighted by Gasteiger charge is 2.05. The average Bonchev–Trinajstić information content (AvgIpc) is 2.03. The van der Waals surface area contributed by atoms with E-state index >= 15 is 0 Å². The van der Waals surface area contributed by atoms with E-state index in [9.17, 15) is 4.79 Å². The topological polar surface area (TPSA) is 17.1 Å². The smallest absolute Gasteiger partial charge is 0.166 e. The SMILES string of the molecule is C=C(C)CC(=O)c1cccc(Cl)c1. The van der Waals surface area contributed by atoms with Crippen molar-refractivity contribution < 1.29 is 4.79 Å². The predicted molar refractivity (Wildman–Crippen MR) is 55.2 cm³/mol. The first-order valence-electron chi connectivity index (χ1n) is 4.03. The van der Waals surface area contributed by atoms with Gasteiger partial charge in [-0.15, -0.1) is 0 Å². The van der Waals surface area contributed by atoms with Crippen LogP contribution in [0.25, 0.3) is 0 Å². The van der Waals surface area contributed by atoms with Gasteiger partial charge in [0.25, 0.3) is 0 Å². The summed E-state index contributed by atoms with van der Waals surface area (Å²) in [6.07, 6.45) is 0.389. The van der Waals surface area contributed by atoms with E-state index in [1.165, 1.54) is 0 Å². The lowest BCUT2D eigenvalue weighted by Crippen LogP contribution is -1.98. The van der Waals surface area contributed by atoms with Gasteiger partial charge >= 0.3 is 0 Å². The molecule has 0 aliphatic heterocycles. The first-order chi connectivity index (χ1) is 6.09. The maximum atomic E-state index is 11.5. The number of halogens is 1. The summed E-state index contributed by atoms with van der Waals surface area (Å²) >= 11 is 5.75. The summed E-state index contributed by atoms with van der Waals surface area (Å²) in [6, 6.07) is 6.96. The zero-order valence-corrected chi connectivity index (χ0v) is 8.27. The van der Waals surface area contributed by atoms with Crippen molar-refractivity contribution in [3.05, 3.63) is 47.0 Å². The van der Waals surface area contributed by atoms with E-state index < -0.39 is 0 Å². The molecule has 0 saturated carbocycles. The first kappa shape index (κ1) is 10.0. The number of ketones is 1. The quantitative estimate of drug-likeness (QED) is 0.532. The minimum Gasteiger partial charge on any atom is -0.294 e. The third kappa shape index (κ3) is 3.03. The van der Waals surface area contributed by atoms with Crippen molar-refractivity contribution in [2.75, 3.05) is 0 Å². The molecule has 0 heterocycles. The van der Waals surface area contributed by atoms with Crippen molar-refractivity contribution in [2.24, 2.45) is 0 Å². The minimum atomic E-state index is 0.0648. The molecule has 0 saturated heterocycles. The van der Waals surface area contributed by atoms with Crippen molar-refractivity contribution in [1.29, 1.82) is 0 Å². The third-order valence-electron chi connectivity index (χ3n) is 1.61. The molecular formula is C11H11ClO. The summed E-state index contributed by atoms with van der Waals surface area (Å²) in [4.78, 5) is 11.5. The van der Waals surface area contributed by atoms with E-state index in [1.54, 1.807) is 24.3 Å². The number of rotatable bonds is 3. The number of Topliss-reactive ketones (excluding diaryl/α,β-unsaturated/α-hetero) is 1. The molecule has 0 bridgehead atoms. The van der Waals surface area contributed by atoms with Crippen molar-refractivity contribution in [3.63, 3.8) is 0 Å². The third-order valence-corrected chi connectivity index (χ3v) is 1.84. The van der Waals surface area contributed by atoms with Gasteiger partial charge in [0.15, 0.2) is 5.78 Å². The molecule has 2 heteroatoms. The highest BCUT2D eigenvalue weighted by molar-refractivity contribution is 6.31. The number of allylic oxidation sites excluding steroid dienone is 1. The van der Waals surface area contributed by atoms with Gasteiger partial charge in [-0.25, -0.2) is 0 Å². The van der Waals surface area contributed by atoms with Crippen LogP contribution in [0.2, 0.25) is 5.02 Å². The second-order valence-corrected chi connectivity index (χ2v) is 3.50. The van der Waals surface area contributed by atoms with Crippen molar-refractivity contribution in [3.8, 4) is 0 Å². The molecule has 0 fully saturated rings. The van der Waals surface area contributed by atoms with Crippen molar-refractivity contribution >= 4 is 17.4 Å². The van der Waals surface area contributed by atoms with Crippen LogP contribution in [0.5, 0.6) is 0 Å². The zero-order chi connectivity index (χ0) is 9.84. The summed E-state index contributed by atoms with van der Waals surface area (Å²) in [5, 5.41) is 0.590. The molecule has 1 rings (SSSR count). The van der Waals surface area contributed by atoms with Gasteiger partial charge < -0.3 is 0 Å². The monoisotopic (exact) mass is 194 g/mol. The molecule has 1 aromatic carbocycles. The lowest BCUT2D eigenvalue weighted by atomic mass is 10.1. The Labute approximate surface area is 83.0 Å². The molecule has 1 nitrogen and oxygen atoms in total. The Morgan fingerprint density at radius 2 is 2.23 bits per heavy atom. The van der Waals surface area contributed by atoms with E-state index in [0.717, 1.165) is 5.57 Å². The zero-order valence-electron chi connectivity index (χ0n) is 7.51. The molecule has 0 aromatic heterocycles. The summed E-state index contributed by atoms with van der Waals surface area (Å²) < 4.78 is 0. The van der Waals surface area contributed by atoms with Gasteiger partial charge in [0.05, 0.1) is 0 Å². The number of hydrogen-bond donors (Lipinski definition) is 0. The maximum Gasteiger partial charge on any atom is 0.166 e. The molecule has 13 heavy (non-hydrogen) atoms. The number of hydrogen-bond acceptors (Lipinski definition) is 1. The molecule has 0 aliphatic carbocycles. The lowest BCUT2D eigenvalue weighted by molar-refractivity contribution is 0.0993. The Morgan fingerprint density at radius 1 is 1.54 bits per heavy atom. The summed E-state index contributed by atoms with van der Waals surface area (Å²) in [6.45, 7) is 5.52. The Balaban J connectivity index is 2.83. The van der Waals surface area contributed by atoms with Crippen LogP contribution >= 0.6 is 11.6 Å². The van der Waals surface area contributed by atoms with E-state index in [1.807, 2.05) is 6.92 Å². The fraction of sp³-hybridized carbons (Fsp3) is 0.182. The molecule has 0 radical (unpaired) electrons. The van der Waals surface area contributed by atoms with Crippen LogP contribution in [0.1, 0.15) is 23.7 Å². The first-order valence-corrected chi connectivity index (χ1v) is 4.40. The van der Waals surface area contributed by atoms with Crippen LogP contribution in [0.3, 0.4) is 0 Å². The van der Waals surface area contributed by atoms with Crippen LogP contribution < -0.4 is 0 Å². The van der Waals surface area contributed by atoms with E-state index in [4.69, 9.17) is 11.6 Å². The molecule has 1 aromatic rings. The van der Waals surface area contributed by atoms with Crippen LogP contribution in [0, 0.1) is 0 Å². The second kappa shape index (κ2) is 4.24. The highest BCUT2D eigenvalue weighted by atomic mass is 35.5. The fourth-order valence-corrected chi connectivity index (χ4v) is 1.23. The molecule has 0 N–H and O–H groups in total. The molecule has 0 atom stereocenters. The highest BCUT2D eigenvalue weighted by Crippen LogP contribution is 2.13. The van der Waals surface area contributed by atoms with Gasteiger partial charge in [-0.1, -0.05) is 35.9 Å². The Hall–Kier alpha value is -1.08. The van der Waals surface area contributed by atoms with Crippen LogP contribution in [0.4, 0.5) is 0 Å². The molecule has 68 valence electrons. The number of carbonyl (C=O) groups is 1.